The summed E-state index contributed by atoms with van der Waals surface area (Å²) in [6, 6.07) is 6.68. The molecule has 3 heterocycles. The van der Waals surface area contributed by atoms with Crippen molar-refractivity contribution in [2.75, 3.05) is 0 Å². The van der Waals surface area contributed by atoms with Gasteiger partial charge in [-0.15, -0.1) is 34.0 Å². The maximum absolute atomic E-state index is 6.63. The minimum Gasteiger partial charge on any atom is -0.398 e. The Hall–Kier alpha value is -1.07. The van der Waals surface area contributed by atoms with E-state index < -0.39 is 8.60 Å². The molecule has 0 atom stereocenters. The molecule has 0 saturated carbocycles. The van der Waals surface area contributed by atoms with Gasteiger partial charge in [-0.2, -0.15) is 0 Å². The lowest BCUT2D eigenvalue weighted by atomic mass is 10.1. The first-order chi connectivity index (χ1) is 21.2. The van der Waals surface area contributed by atoms with E-state index in [4.69, 9.17) is 13.6 Å². The zero-order chi connectivity index (χ0) is 30.4. The van der Waals surface area contributed by atoms with Crippen LogP contribution in [0.3, 0.4) is 0 Å². The van der Waals surface area contributed by atoms with Crippen LogP contribution in [-0.2, 0) is 19.3 Å². The normalized spacial score (nSPS) is 11.4. The first-order valence-electron chi connectivity index (χ1n) is 17.3. The molecule has 3 aromatic rings. The summed E-state index contributed by atoms with van der Waals surface area (Å²) in [6.45, 7) is 6.83. The summed E-state index contributed by atoms with van der Waals surface area (Å²) in [5.41, 5.74) is 3.87. The Bertz CT molecular complexity index is 942. The Labute approximate surface area is 276 Å². The Morgan fingerprint density at radius 1 is 0.419 bits per heavy atom. The van der Waals surface area contributed by atoms with Crippen molar-refractivity contribution in [3.05, 3.63) is 51.0 Å². The van der Waals surface area contributed by atoms with Crippen LogP contribution in [0.2, 0.25) is 0 Å². The monoisotopic (exact) mass is 664 g/mol. The summed E-state index contributed by atoms with van der Waals surface area (Å²) in [7, 11) is -1.61. The van der Waals surface area contributed by atoms with E-state index in [9.17, 15) is 0 Å². The van der Waals surface area contributed by atoms with Gasteiger partial charge >= 0.3 is 8.60 Å². The van der Waals surface area contributed by atoms with Crippen LogP contribution in [-0.4, -0.2) is 0 Å². The predicted molar refractivity (Wildman–Crippen MR) is 193 cm³/mol. The second-order valence-electron chi connectivity index (χ2n) is 11.8. The van der Waals surface area contributed by atoms with E-state index in [0.29, 0.717) is 0 Å². The van der Waals surface area contributed by atoms with Gasteiger partial charge in [-0.3, -0.25) is 0 Å². The van der Waals surface area contributed by atoms with Crippen molar-refractivity contribution < 1.29 is 13.6 Å². The van der Waals surface area contributed by atoms with Gasteiger partial charge in [0.2, 0.25) is 0 Å². The van der Waals surface area contributed by atoms with Crippen LogP contribution >= 0.6 is 42.6 Å². The van der Waals surface area contributed by atoms with Gasteiger partial charge in [-0.1, -0.05) is 117 Å². The van der Waals surface area contributed by atoms with Crippen LogP contribution in [0.1, 0.15) is 153 Å². The first kappa shape index (κ1) is 36.4. The number of hydrogen-bond acceptors (Lipinski definition) is 6. The zero-order valence-electron chi connectivity index (χ0n) is 27.2. The summed E-state index contributed by atoms with van der Waals surface area (Å²) in [5, 5.41) is 9.34. The van der Waals surface area contributed by atoms with Gasteiger partial charge < -0.3 is 13.6 Å². The molecule has 0 aliphatic carbocycles. The van der Waals surface area contributed by atoms with Gasteiger partial charge in [0.1, 0.15) is 0 Å². The van der Waals surface area contributed by atoms with Crippen molar-refractivity contribution in [2.24, 2.45) is 0 Å². The smallest absolute Gasteiger partial charge is 0.398 e. The molecule has 3 nitrogen and oxygen atoms in total. The quantitative estimate of drug-likeness (QED) is 0.0599. The largest absolute Gasteiger partial charge is 0.532 e. The molecule has 0 aliphatic heterocycles. The zero-order valence-corrected chi connectivity index (χ0v) is 30.6. The fourth-order valence-corrected chi connectivity index (χ4v) is 9.27. The molecule has 0 amide bonds. The second-order valence-corrected chi connectivity index (χ2v) is 15.4. The highest BCUT2D eigenvalue weighted by Gasteiger charge is 2.26. The van der Waals surface area contributed by atoms with Crippen molar-refractivity contribution in [3.8, 4) is 15.2 Å². The van der Waals surface area contributed by atoms with Gasteiger partial charge in [-0.25, -0.2) is 0 Å². The highest BCUT2D eigenvalue weighted by atomic mass is 32.1. The summed E-state index contributed by atoms with van der Waals surface area (Å²) in [5.74, 6) is 0. The Kier molecular flexibility index (Phi) is 19.7. The van der Waals surface area contributed by atoms with E-state index >= 15 is 0 Å². The maximum atomic E-state index is 6.63. The van der Waals surface area contributed by atoms with Gasteiger partial charge in [0, 0.05) is 16.7 Å². The molecule has 0 aliphatic rings. The van der Waals surface area contributed by atoms with Crippen LogP contribution < -0.4 is 13.6 Å². The minimum absolute atomic E-state index is 0.961. The third-order valence-electron chi connectivity index (χ3n) is 7.99. The molecule has 0 spiro atoms. The van der Waals surface area contributed by atoms with Gasteiger partial charge in [0.05, 0.1) is 0 Å². The van der Waals surface area contributed by atoms with Crippen LogP contribution in [0.25, 0.3) is 0 Å². The lowest BCUT2D eigenvalue weighted by Crippen LogP contribution is -2.03. The molecular weight excluding hydrogens is 608 g/mol. The van der Waals surface area contributed by atoms with E-state index in [-0.39, 0.29) is 0 Å². The average molecular weight is 665 g/mol. The summed E-state index contributed by atoms with van der Waals surface area (Å²) < 4.78 is 19.9. The van der Waals surface area contributed by atoms with E-state index in [0.717, 1.165) is 34.5 Å². The number of rotatable bonds is 27. The second kappa shape index (κ2) is 23.3. The summed E-state index contributed by atoms with van der Waals surface area (Å²) >= 11 is 5.01. The molecule has 3 aromatic heterocycles. The van der Waals surface area contributed by atoms with Crippen LogP contribution in [0.15, 0.2) is 34.3 Å². The third-order valence-corrected chi connectivity index (χ3v) is 11.9. The number of aryl methyl sites for hydroxylation is 3. The Morgan fingerprint density at radius 3 is 1.00 bits per heavy atom. The average Bonchev–Trinajstić information content (AvgIpc) is 3.77. The lowest BCUT2D eigenvalue weighted by Gasteiger charge is -2.18. The molecular formula is C36H57O3PS3. The van der Waals surface area contributed by atoms with Crippen LogP contribution in [0.5, 0.6) is 15.2 Å². The number of thiophene rings is 3. The summed E-state index contributed by atoms with van der Waals surface area (Å²) in [4.78, 5) is 0. The fraction of sp³-hybridized carbons (Fsp3) is 0.667. The van der Waals surface area contributed by atoms with Crippen molar-refractivity contribution >= 4 is 42.6 Å². The van der Waals surface area contributed by atoms with E-state index in [2.05, 4.69) is 55.1 Å². The minimum atomic E-state index is -1.61. The van der Waals surface area contributed by atoms with E-state index in [1.807, 2.05) is 0 Å². The molecule has 0 aromatic carbocycles. The Balaban J connectivity index is 1.63. The molecule has 7 heteroatoms. The highest BCUT2D eigenvalue weighted by Crippen LogP contribution is 2.49. The fourth-order valence-electron chi connectivity index (χ4n) is 5.31. The molecule has 0 N–H and O–H groups in total. The summed E-state index contributed by atoms with van der Waals surface area (Å²) in [6.07, 6.45) is 26.6. The predicted octanol–water partition coefficient (Wildman–Crippen LogP) is 14.3. The van der Waals surface area contributed by atoms with Gasteiger partial charge in [-0.05, 0) is 72.9 Å². The molecule has 3 rings (SSSR count). The number of hydrogen-bond donors (Lipinski definition) is 0. The molecule has 242 valence electrons. The first-order valence-corrected chi connectivity index (χ1v) is 21.0. The van der Waals surface area contributed by atoms with Crippen molar-refractivity contribution in [1.82, 2.24) is 0 Å². The molecule has 0 bridgehead atoms. The molecule has 0 saturated heterocycles. The number of unbranched alkanes of at least 4 members (excludes halogenated alkanes) is 15. The van der Waals surface area contributed by atoms with Crippen LogP contribution in [0, 0.1) is 0 Å². The SMILES string of the molecule is CCCCCCCCc1ccsc1OP(Oc1sccc1CCCCCCCC)Oc1sccc1CCCCCCCC. The van der Waals surface area contributed by atoms with Crippen molar-refractivity contribution in [2.45, 2.75) is 156 Å². The molecule has 0 unspecified atom stereocenters. The topological polar surface area (TPSA) is 27.7 Å². The molecule has 0 fully saturated rings. The molecule has 0 radical (unpaired) electrons. The third kappa shape index (κ3) is 14.7. The van der Waals surface area contributed by atoms with Crippen LogP contribution in [0.4, 0.5) is 0 Å². The van der Waals surface area contributed by atoms with Gasteiger partial charge in [0.15, 0.2) is 15.2 Å². The highest BCUT2D eigenvalue weighted by molar-refractivity contribution is 7.44. The van der Waals surface area contributed by atoms with Crippen molar-refractivity contribution in [3.63, 3.8) is 0 Å². The standard InChI is InChI=1S/C36H57O3PS3/c1-4-7-10-13-16-19-22-31-25-28-41-34(31)37-40(38-35-32(26-29-42-35)23-20-17-14-11-8-5-2)39-36-33(27-30-43-36)24-21-18-15-12-9-6-3/h25-30H,4-24H2,1-3H3. The Morgan fingerprint density at radius 2 is 0.698 bits per heavy atom. The van der Waals surface area contributed by atoms with Crippen molar-refractivity contribution in [1.29, 1.82) is 0 Å². The maximum Gasteiger partial charge on any atom is 0.532 e. The lowest BCUT2D eigenvalue weighted by molar-refractivity contribution is 0.395. The van der Waals surface area contributed by atoms with E-state index in [1.54, 1.807) is 34.0 Å². The van der Waals surface area contributed by atoms with E-state index in [1.165, 1.54) is 132 Å². The molecule has 43 heavy (non-hydrogen) atoms. The van der Waals surface area contributed by atoms with Gasteiger partial charge in [0.25, 0.3) is 0 Å².